The largest absolute Gasteiger partial charge is 0.462 e. The number of carbonyl (C=O) groups is 1. The van der Waals surface area contributed by atoms with Crippen LogP contribution in [0, 0.1) is 0 Å². The van der Waals surface area contributed by atoms with Crippen LogP contribution in [-0.2, 0) is 9.53 Å². The van der Waals surface area contributed by atoms with Crippen molar-refractivity contribution in [3.63, 3.8) is 0 Å². The van der Waals surface area contributed by atoms with Crippen molar-refractivity contribution in [2.75, 3.05) is 0 Å². The third kappa shape index (κ3) is 1.88. The number of hydrogen-bond donors (Lipinski definition) is 0. The van der Waals surface area contributed by atoms with Crippen molar-refractivity contribution in [3.8, 4) is 0 Å². The summed E-state index contributed by atoms with van der Waals surface area (Å²) in [7, 11) is 0. The van der Waals surface area contributed by atoms with E-state index in [1.54, 1.807) is 0 Å². The maximum atomic E-state index is 10.3. The molecule has 0 bridgehead atoms. The molecule has 0 radical (unpaired) electrons. The van der Waals surface area contributed by atoms with E-state index in [4.69, 9.17) is 4.74 Å². The molecule has 0 amide bonds. The molecule has 0 saturated heterocycles. The fourth-order valence-corrected chi connectivity index (χ4v) is 0.923. The van der Waals surface area contributed by atoms with E-state index in [0.29, 0.717) is 0 Å². The van der Waals surface area contributed by atoms with Crippen molar-refractivity contribution in [3.05, 3.63) is 12.2 Å². The molecule has 0 atom stereocenters. The van der Waals surface area contributed by atoms with Gasteiger partial charge in [-0.2, -0.15) is 0 Å². The molecule has 1 aliphatic carbocycles. The van der Waals surface area contributed by atoms with E-state index in [2.05, 4.69) is 0 Å². The van der Waals surface area contributed by atoms with E-state index < -0.39 is 0 Å². The lowest BCUT2D eigenvalue weighted by Gasteiger charge is -2.07. The van der Waals surface area contributed by atoms with Gasteiger partial charge in [-0.15, -0.1) is 0 Å². The zero-order valence-electron chi connectivity index (χ0n) is 5.46. The van der Waals surface area contributed by atoms with Gasteiger partial charge in [0.2, 0.25) is 0 Å². The second-order valence-corrected chi connectivity index (χ2v) is 2.17. The first-order valence-corrected chi connectivity index (χ1v) is 3.11. The van der Waals surface area contributed by atoms with E-state index in [9.17, 15) is 4.79 Å². The molecule has 0 heterocycles. The third-order valence-electron chi connectivity index (χ3n) is 1.30. The van der Waals surface area contributed by atoms with Gasteiger partial charge in [0.15, 0.2) is 0 Å². The van der Waals surface area contributed by atoms with Crippen LogP contribution >= 0.6 is 0 Å². The number of hydrogen-bond acceptors (Lipinski definition) is 2. The van der Waals surface area contributed by atoms with Crippen LogP contribution in [0.2, 0.25) is 0 Å². The fraction of sp³-hybridized carbons (Fsp3) is 0.571. The SMILES string of the molecule is CC(=O)OC1CC=CC1. The first kappa shape index (κ1) is 6.33. The lowest BCUT2D eigenvalue weighted by molar-refractivity contribution is -0.145. The predicted octanol–water partition coefficient (Wildman–Crippen LogP) is 1.27. The van der Waals surface area contributed by atoms with E-state index in [1.165, 1.54) is 6.92 Å². The first-order valence-electron chi connectivity index (χ1n) is 3.11. The van der Waals surface area contributed by atoms with Gasteiger partial charge in [0.1, 0.15) is 6.10 Å². The topological polar surface area (TPSA) is 26.3 Å². The molecule has 1 aliphatic rings. The highest BCUT2D eigenvalue weighted by molar-refractivity contribution is 5.66. The molecule has 50 valence electrons. The lowest BCUT2D eigenvalue weighted by atomic mass is 10.3. The Hall–Kier alpha value is -0.790. The summed E-state index contributed by atoms with van der Waals surface area (Å²) < 4.78 is 4.91. The molecule has 0 aliphatic heterocycles. The Kier molecular flexibility index (Phi) is 1.88. The molecule has 0 unspecified atom stereocenters. The van der Waals surface area contributed by atoms with E-state index in [-0.39, 0.29) is 12.1 Å². The van der Waals surface area contributed by atoms with Crippen LogP contribution in [0.15, 0.2) is 12.2 Å². The smallest absolute Gasteiger partial charge is 0.302 e. The first-order chi connectivity index (χ1) is 4.29. The van der Waals surface area contributed by atoms with Crippen molar-refractivity contribution < 1.29 is 9.53 Å². The lowest BCUT2D eigenvalue weighted by Crippen LogP contribution is -2.11. The van der Waals surface area contributed by atoms with Gasteiger partial charge in [-0.3, -0.25) is 4.79 Å². The molecule has 0 N–H and O–H groups in total. The van der Waals surface area contributed by atoms with Crippen LogP contribution in [0.1, 0.15) is 19.8 Å². The normalized spacial score (nSPS) is 18.3. The van der Waals surface area contributed by atoms with E-state index in [1.807, 2.05) is 12.2 Å². The van der Waals surface area contributed by atoms with Crippen LogP contribution in [0.25, 0.3) is 0 Å². The van der Waals surface area contributed by atoms with Crippen molar-refractivity contribution in [2.24, 2.45) is 0 Å². The van der Waals surface area contributed by atoms with Crippen molar-refractivity contribution in [2.45, 2.75) is 25.9 Å². The summed E-state index contributed by atoms with van der Waals surface area (Å²) in [6.07, 6.45) is 5.97. The van der Waals surface area contributed by atoms with Crippen LogP contribution < -0.4 is 0 Å². The Bertz CT molecular complexity index is 130. The number of esters is 1. The van der Waals surface area contributed by atoms with Gasteiger partial charge in [-0.25, -0.2) is 0 Å². The summed E-state index contributed by atoms with van der Waals surface area (Å²) in [6.45, 7) is 1.44. The van der Waals surface area contributed by atoms with Crippen LogP contribution in [0.3, 0.4) is 0 Å². The van der Waals surface area contributed by atoms with Gasteiger partial charge in [0, 0.05) is 19.8 Å². The van der Waals surface area contributed by atoms with Gasteiger partial charge < -0.3 is 4.74 Å². The molecule has 0 aromatic carbocycles. The molecule has 0 saturated carbocycles. The summed E-state index contributed by atoms with van der Waals surface area (Å²) in [6, 6.07) is 0. The Morgan fingerprint density at radius 1 is 1.56 bits per heavy atom. The molecule has 2 heteroatoms. The van der Waals surface area contributed by atoms with Crippen molar-refractivity contribution in [1.29, 1.82) is 0 Å². The van der Waals surface area contributed by atoms with Gasteiger partial charge in [0.25, 0.3) is 0 Å². The second-order valence-electron chi connectivity index (χ2n) is 2.17. The molecule has 0 aromatic heterocycles. The van der Waals surface area contributed by atoms with Crippen LogP contribution in [-0.4, -0.2) is 12.1 Å². The number of rotatable bonds is 1. The molecule has 1 rings (SSSR count). The predicted molar refractivity (Wildman–Crippen MR) is 33.9 cm³/mol. The standard InChI is InChI=1S/C7H10O2/c1-6(8)9-7-4-2-3-5-7/h2-3,7H,4-5H2,1H3. The average molecular weight is 126 g/mol. The summed E-state index contributed by atoms with van der Waals surface area (Å²) in [5.41, 5.74) is 0. The summed E-state index contributed by atoms with van der Waals surface area (Å²) in [4.78, 5) is 10.3. The maximum absolute atomic E-state index is 10.3. The Labute approximate surface area is 54.5 Å². The molecule has 0 spiro atoms. The molecular weight excluding hydrogens is 116 g/mol. The minimum atomic E-state index is -0.177. The highest BCUT2D eigenvalue weighted by atomic mass is 16.5. The highest BCUT2D eigenvalue weighted by Crippen LogP contribution is 2.12. The van der Waals surface area contributed by atoms with Gasteiger partial charge in [-0.05, 0) is 0 Å². The number of ether oxygens (including phenoxy) is 1. The van der Waals surface area contributed by atoms with E-state index >= 15 is 0 Å². The average Bonchev–Trinajstić information content (AvgIpc) is 2.15. The summed E-state index contributed by atoms with van der Waals surface area (Å²) in [5.74, 6) is -0.177. The monoisotopic (exact) mass is 126 g/mol. The van der Waals surface area contributed by atoms with Gasteiger partial charge in [0.05, 0.1) is 0 Å². The maximum Gasteiger partial charge on any atom is 0.302 e. The van der Waals surface area contributed by atoms with E-state index in [0.717, 1.165) is 12.8 Å². The molecule has 0 aromatic rings. The zero-order valence-corrected chi connectivity index (χ0v) is 5.46. The van der Waals surface area contributed by atoms with Crippen LogP contribution in [0.5, 0.6) is 0 Å². The Morgan fingerprint density at radius 2 is 2.11 bits per heavy atom. The van der Waals surface area contributed by atoms with Gasteiger partial charge in [-0.1, -0.05) is 12.2 Å². The summed E-state index contributed by atoms with van der Waals surface area (Å²) in [5, 5.41) is 0. The van der Waals surface area contributed by atoms with Crippen molar-refractivity contribution in [1.82, 2.24) is 0 Å². The Balaban J connectivity index is 2.22. The molecule has 9 heavy (non-hydrogen) atoms. The highest BCUT2D eigenvalue weighted by Gasteiger charge is 2.11. The fourth-order valence-electron chi connectivity index (χ4n) is 0.923. The van der Waals surface area contributed by atoms with Crippen molar-refractivity contribution >= 4 is 5.97 Å². The quantitative estimate of drug-likeness (QED) is 0.390. The zero-order chi connectivity index (χ0) is 6.69. The summed E-state index contributed by atoms with van der Waals surface area (Å²) >= 11 is 0. The molecule has 2 nitrogen and oxygen atoms in total. The molecular formula is C7H10O2. The molecule has 0 fully saturated rings. The van der Waals surface area contributed by atoms with Crippen LogP contribution in [0.4, 0.5) is 0 Å². The number of carbonyl (C=O) groups excluding carboxylic acids is 1. The minimum Gasteiger partial charge on any atom is -0.462 e. The van der Waals surface area contributed by atoms with Gasteiger partial charge >= 0.3 is 5.97 Å². The second kappa shape index (κ2) is 2.67. The third-order valence-corrected chi connectivity index (χ3v) is 1.30. The Morgan fingerprint density at radius 3 is 2.56 bits per heavy atom. The minimum absolute atomic E-state index is 0.127.